The normalized spacial score (nSPS) is 16.5. The van der Waals surface area contributed by atoms with E-state index in [4.69, 9.17) is 4.74 Å². The Morgan fingerprint density at radius 1 is 1.06 bits per heavy atom. The molecule has 0 spiro atoms. The second kappa shape index (κ2) is 10.5. The second-order valence-electron chi connectivity index (χ2n) is 8.48. The number of nitrogens with zero attached hydrogens (tertiary/aromatic N) is 4. The number of hydrogen-bond acceptors (Lipinski definition) is 6. The zero-order valence-electron chi connectivity index (χ0n) is 19.8. The van der Waals surface area contributed by atoms with Crippen LogP contribution in [0.2, 0.25) is 0 Å². The Kier molecular flexibility index (Phi) is 7.24. The van der Waals surface area contributed by atoms with Crippen molar-refractivity contribution in [2.45, 2.75) is 32.7 Å². The third-order valence-corrected chi connectivity index (χ3v) is 6.21. The molecule has 9 nitrogen and oxygen atoms in total. The maximum atomic E-state index is 13.5. The fourth-order valence-corrected chi connectivity index (χ4v) is 4.35. The minimum Gasteiger partial charge on any atom is -0.466 e. The van der Waals surface area contributed by atoms with Crippen molar-refractivity contribution in [2.75, 3.05) is 19.7 Å². The average molecular weight is 477 g/mol. The molecule has 1 fully saturated rings. The Morgan fingerprint density at radius 3 is 2.37 bits per heavy atom. The van der Waals surface area contributed by atoms with E-state index in [1.165, 1.54) is 4.90 Å². The summed E-state index contributed by atoms with van der Waals surface area (Å²) in [7, 11) is 0. The van der Waals surface area contributed by atoms with Crippen molar-refractivity contribution in [1.29, 1.82) is 0 Å². The summed E-state index contributed by atoms with van der Waals surface area (Å²) >= 11 is 0. The van der Waals surface area contributed by atoms with Crippen LogP contribution in [0.5, 0.6) is 0 Å². The number of carbonyl (C=O) groups is 2. The minimum absolute atomic E-state index is 0.136. The molecule has 0 aliphatic carbocycles. The highest BCUT2D eigenvalue weighted by molar-refractivity contribution is 5.92. The maximum Gasteiger partial charge on any atom is 0.352 e. The lowest BCUT2D eigenvalue weighted by molar-refractivity contribution is -0.149. The van der Waals surface area contributed by atoms with Crippen molar-refractivity contribution < 1.29 is 14.3 Å². The van der Waals surface area contributed by atoms with Gasteiger partial charge in [0.25, 0.3) is 11.5 Å². The number of ether oxygens (including phenoxy) is 1. The molecule has 0 saturated carbocycles. The minimum atomic E-state index is -0.762. The van der Waals surface area contributed by atoms with Crippen LogP contribution in [0.25, 0.3) is 5.69 Å². The number of para-hydroxylation sites is 1. The summed E-state index contributed by atoms with van der Waals surface area (Å²) in [6, 6.07) is 17.2. The van der Waals surface area contributed by atoms with Gasteiger partial charge in [0.1, 0.15) is 0 Å². The first kappa shape index (κ1) is 24.1. The summed E-state index contributed by atoms with van der Waals surface area (Å²) in [5, 5.41) is 4.22. The van der Waals surface area contributed by atoms with E-state index >= 15 is 0 Å². The molecular formula is C26H28N4O5. The molecule has 2 heterocycles. The number of carbonyl (C=O) groups excluding carboxylic acids is 2. The number of esters is 1. The molecule has 1 aromatic heterocycles. The lowest BCUT2D eigenvalue weighted by atomic mass is 9.98. The van der Waals surface area contributed by atoms with E-state index in [0.717, 1.165) is 14.8 Å². The first-order valence-corrected chi connectivity index (χ1v) is 11.7. The van der Waals surface area contributed by atoms with Gasteiger partial charge in [0, 0.05) is 13.1 Å². The Morgan fingerprint density at radius 2 is 1.71 bits per heavy atom. The van der Waals surface area contributed by atoms with Gasteiger partial charge in [0.05, 0.1) is 24.3 Å². The summed E-state index contributed by atoms with van der Waals surface area (Å²) < 4.78 is 7.28. The topological polar surface area (TPSA) is 104 Å². The lowest BCUT2D eigenvalue weighted by Crippen LogP contribution is -2.50. The lowest BCUT2D eigenvalue weighted by Gasteiger charge is -2.31. The maximum absolute atomic E-state index is 13.5. The molecule has 2 atom stereocenters. The van der Waals surface area contributed by atoms with Crippen molar-refractivity contribution in [3.63, 3.8) is 0 Å². The quantitative estimate of drug-likeness (QED) is 0.506. The van der Waals surface area contributed by atoms with Gasteiger partial charge in [0.2, 0.25) is 5.69 Å². The monoisotopic (exact) mass is 476 g/mol. The number of aromatic nitrogens is 3. The second-order valence-corrected chi connectivity index (χ2v) is 8.48. The standard InChI is InChI=1S/C26H28N4O5/c1-3-35-25(33)20-13-10-16-28(17-20)23(31)22-24(32)29(18(2)19-11-6-4-7-12-19)26(34)30(27-22)21-14-8-5-9-15-21/h4-9,11-12,14-15,18,20H,3,10,13,16-17H2,1-2H3. The third kappa shape index (κ3) is 4.94. The predicted molar refractivity (Wildman–Crippen MR) is 130 cm³/mol. The molecule has 1 amide bonds. The largest absolute Gasteiger partial charge is 0.466 e. The van der Waals surface area contributed by atoms with E-state index in [0.29, 0.717) is 25.1 Å². The molecule has 1 aliphatic heterocycles. The molecular weight excluding hydrogens is 448 g/mol. The van der Waals surface area contributed by atoms with Crippen LogP contribution in [0.4, 0.5) is 0 Å². The van der Waals surface area contributed by atoms with Gasteiger partial charge in [-0.1, -0.05) is 48.5 Å². The highest BCUT2D eigenvalue weighted by Gasteiger charge is 2.33. The average Bonchev–Trinajstić information content (AvgIpc) is 2.89. The smallest absolute Gasteiger partial charge is 0.352 e. The van der Waals surface area contributed by atoms with Crippen LogP contribution < -0.4 is 11.2 Å². The molecule has 4 rings (SSSR count). The van der Waals surface area contributed by atoms with Crippen molar-refractivity contribution >= 4 is 11.9 Å². The number of piperidine rings is 1. The van der Waals surface area contributed by atoms with Gasteiger partial charge >= 0.3 is 11.7 Å². The molecule has 1 saturated heterocycles. The fraction of sp³-hybridized carbons (Fsp3) is 0.346. The highest BCUT2D eigenvalue weighted by atomic mass is 16.5. The molecule has 35 heavy (non-hydrogen) atoms. The Hall–Kier alpha value is -4.01. The van der Waals surface area contributed by atoms with E-state index in [1.807, 2.05) is 30.3 Å². The number of amides is 1. The van der Waals surface area contributed by atoms with Crippen LogP contribution in [-0.4, -0.2) is 50.8 Å². The molecule has 0 radical (unpaired) electrons. The zero-order chi connectivity index (χ0) is 24.9. The summed E-state index contributed by atoms with van der Waals surface area (Å²) in [5.41, 5.74) is -0.584. The van der Waals surface area contributed by atoms with E-state index in [2.05, 4.69) is 5.10 Å². The first-order valence-electron chi connectivity index (χ1n) is 11.7. The molecule has 2 unspecified atom stereocenters. The Bertz CT molecular complexity index is 1320. The van der Waals surface area contributed by atoms with Gasteiger partial charge in [-0.15, -0.1) is 0 Å². The van der Waals surface area contributed by atoms with Gasteiger partial charge in [-0.3, -0.25) is 14.4 Å². The molecule has 2 aromatic carbocycles. The van der Waals surface area contributed by atoms with E-state index in [1.54, 1.807) is 44.2 Å². The highest BCUT2D eigenvalue weighted by Crippen LogP contribution is 2.20. The van der Waals surface area contributed by atoms with Crippen molar-refractivity contribution in [1.82, 2.24) is 19.2 Å². The number of hydrogen-bond donors (Lipinski definition) is 0. The number of benzene rings is 2. The number of likely N-dealkylation sites (tertiary alicyclic amines) is 1. The van der Waals surface area contributed by atoms with Crippen molar-refractivity contribution in [3.8, 4) is 5.69 Å². The SMILES string of the molecule is CCOC(=O)C1CCCN(C(=O)c2nn(-c3ccccc3)c(=O)n(C(C)c3ccccc3)c2=O)C1. The molecule has 0 N–H and O–H groups in total. The summed E-state index contributed by atoms with van der Waals surface area (Å²) in [6.45, 7) is 4.25. The van der Waals surface area contributed by atoms with E-state index in [9.17, 15) is 19.2 Å². The zero-order valence-corrected chi connectivity index (χ0v) is 19.8. The van der Waals surface area contributed by atoms with Crippen LogP contribution in [0.15, 0.2) is 70.3 Å². The predicted octanol–water partition coefficient (Wildman–Crippen LogP) is 2.42. The third-order valence-electron chi connectivity index (χ3n) is 6.21. The van der Waals surface area contributed by atoms with E-state index in [-0.39, 0.29) is 24.8 Å². The number of rotatable bonds is 6. The van der Waals surface area contributed by atoms with Crippen LogP contribution in [0.1, 0.15) is 48.8 Å². The van der Waals surface area contributed by atoms with Crippen LogP contribution in [0, 0.1) is 5.92 Å². The summed E-state index contributed by atoms with van der Waals surface area (Å²) in [4.78, 5) is 54.2. The van der Waals surface area contributed by atoms with Crippen LogP contribution in [-0.2, 0) is 9.53 Å². The summed E-state index contributed by atoms with van der Waals surface area (Å²) in [6.07, 6.45) is 1.21. The Balaban J connectivity index is 1.81. The fourth-order valence-electron chi connectivity index (χ4n) is 4.35. The molecule has 9 heteroatoms. The molecule has 0 bridgehead atoms. The van der Waals surface area contributed by atoms with Gasteiger partial charge in [-0.25, -0.2) is 9.36 Å². The van der Waals surface area contributed by atoms with E-state index < -0.39 is 29.1 Å². The van der Waals surface area contributed by atoms with Gasteiger partial charge < -0.3 is 9.64 Å². The van der Waals surface area contributed by atoms with Gasteiger partial charge in [-0.05, 0) is 44.4 Å². The van der Waals surface area contributed by atoms with Crippen molar-refractivity contribution in [2.24, 2.45) is 5.92 Å². The Labute approximate surface area is 202 Å². The molecule has 1 aliphatic rings. The van der Waals surface area contributed by atoms with Crippen molar-refractivity contribution in [3.05, 3.63) is 92.8 Å². The first-order chi connectivity index (χ1) is 16.9. The molecule has 182 valence electrons. The van der Waals surface area contributed by atoms with Gasteiger partial charge in [0.15, 0.2) is 0 Å². The van der Waals surface area contributed by atoms with Crippen LogP contribution in [0.3, 0.4) is 0 Å². The van der Waals surface area contributed by atoms with Crippen LogP contribution >= 0.6 is 0 Å². The summed E-state index contributed by atoms with van der Waals surface area (Å²) in [5.74, 6) is -1.43. The van der Waals surface area contributed by atoms with Gasteiger partial charge in [-0.2, -0.15) is 9.78 Å². The molecule has 3 aromatic rings.